The van der Waals surface area contributed by atoms with E-state index in [-0.39, 0.29) is 5.56 Å². The number of aryl methyl sites for hydroxylation is 1. The van der Waals surface area contributed by atoms with E-state index >= 15 is 0 Å². The van der Waals surface area contributed by atoms with E-state index < -0.39 is 29.8 Å². The number of benzene rings is 1. The van der Waals surface area contributed by atoms with Gasteiger partial charge in [-0.2, -0.15) is 13.2 Å². The zero-order valence-corrected chi connectivity index (χ0v) is 14.2. The second-order valence-electron chi connectivity index (χ2n) is 6.45. The Bertz CT molecular complexity index is 807. The Morgan fingerprint density at radius 1 is 1.27 bits per heavy atom. The molecule has 26 heavy (non-hydrogen) atoms. The smallest absolute Gasteiger partial charge is 0.416 e. The van der Waals surface area contributed by atoms with Crippen LogP contribution in [0, 0.1) is 6.92 Å². The van der Waals surface area contributed by atoms with Gasteiger partial charge in [0.15, 0.2) is 0 Å². The lowest BCUT2D eigenvalue weighted by atomic mass is 9.90. The van der Waals surface area contributed by atoms with Crippen molar-refractivity contribution in [3.8, 4) is 0 Å². The molecular formula is C19H19F3N2O2. The van der Waals surface area contributed by atoms with Crippen molar-refractivity contribution in [2.45, 2.75) is 38.0 Å². The van der Waals surface area contributed by atoms with Gasteiger partial charge in [-0.05, 0) is 48.6 Å². The molecule has 0 aliphatic carbocycles. The molecule has 0 bridgehead atoms. The first kappa shape index (κ1) is 18.4. The van der Waals surface area contributed by atoms with Crippen molar-refractivity contribution < 1.29 is 23.1 Å². The Hall–Kier alpha value is -2.41. The Labute approximate surface area is 149 Å². The van der Waals surface area contributed by atoms with E-state index in [1.807, 2.05) is 0 Å². The predicted octanol–water partition coefficient (Wildman–Crippen LogP) is 4.05. The first-order valence-corrected chi connectivity index (χ1v) is 8.36. The van der Waals surface area contributed by atoms with Crippen LogP contribution < -0.4 is 0 Å². The molecule has 2 aromatic rings. The maximum Gasteiger partial charge on any atom is 0.416 e. The molecule has 1 aromatic carbocycles. The maximum atomic E-state index is 13.6. The van der Waals surface area contributed by atoms with E-state index in [4.69, 9.17) is 0 Å². The van der Waals surface area contributed by atoms with Crippen LogP contribution in [0.15, 0.2) is 42.7 Å². The van der Waals surface area contributed by atoms with Crippen LogP contribution in [0.25, 0.3) is 0 Å². The van der Waals surface area contributed by atoms with Crippen molar-refractivity contribution >= 4 is 5.97 Å². The van der Waals surface area contributed by atoms with Gasteiger partial charge >= 0.3 is 12.1 Å². The highest BCUT2D eigenvalue weighted by Crippen LogP contribution is 2.42. The van der Waals surface area contributed by atoms with Gasteiger partial charge in [0.05, 0.1) is 11.6 Å². The molecule has 1 N–H and O–H groups in total. The van der Waals surface area contributed by atoms with Gasteiger partial charge in [0, 0.05) is 18.9 Å². The maximum absolute atomic E-state index is 13.6. The summed E-state index contributed by atoms with van der Waals surface area (Å²) in [6.07, 6.45) is -0.355. The second kappa shape index (κ2) is 7.07. The molecule has 1 aliphatic heterocycles. The number of nitrogens with zero attached hydrogens (tertiary/aromatic N) is 2. The quantitative estimate of drug-likeness (QED) is 0.889. The monoisotopic (exact) mass is 364 g/mol. The van der Waals surface area contributed by atoms with E-state index in [9.17, 15) is 23.1 Å². The highest BCUT2D eigenvalue weighted by molar-refractivity contribution is 5.74. The van der Waals surface area contributed by atoms with Gasteiger partial charge in [-0.25, -0.2) is 0 Å². The minimum Gasteiger partial charge on any atom is -0.480 e. The summed E-state index contributed by atoms with van der Waals surface area (Å²) in [5, 5.41) is 9.55. The van der Waals surface area contributed by atoms with E-state index in [0.717, 1.165) is 11.6 Å². The SMILES string of the molecule is Cc1cnccc1C(c1ccccc1C(F)(F)F)N1CCCC1C(=O)O. The second-order valence-corrected chi connectivity index (χ2v) is 6.45. The number of aliphatic carboxylic acids is 1. The summed E-state index contributed by atoms with van der Waals surface area (Å²) in [6.45, 7) is 2.20. The lowest BCUT2D eigenvalue weighted by Gasteiger charge is -2.34. The summed E-state index contributed by atoms with van der Waals surface area (Å²) < 4.78 is 40.9. The number of hydrogen-bond acceptors (Lipinski definition) is 3. The van der Waals surface area contributed by atoms with Gasteiger partial charge in [0.2, 0.25) is 0 Å². The largest absolute Gasteiger partial charge is 0.480 e. The lowest BCUT2D eigenvalue weighted by Crippen LogP contribution is -2.40. The summed E-state index contributed by atoms with van der Waals surface area (Å²) in [7, 11) is 0. The van der Waals surface area contributed by atoms with Crippen LogP contribution in [0.1, 0.15) is 41.1 Å². The highest BCUT2D eigenvalue weighted by atomic mass is 19.4. The fraction of sp³-hybridized carbons (Fsp3) is 0.368. The Kier molecular flexibility index (Phi) is 5.00. The Balaban J connectivity index is 2.20. The fourth-order valence-corrected chi connectivity index (χ4v) is 3.67. The van der Waals surface area contributed by atoms with Crippen LogP contribution in [0.5, 0.6) is 0 Å². The van der Waals surface area contributed by atoms with Crippen LogP contribution >= 0.6 is 0 Å². The molecule has 0 spiro atoms. The lowest BCUT2D eigenvalue weighted by molar-refractivity contribution is -0.143. The van der Waals surface area contributed by atoms with Gasteiger partial charge in [-0.3, -0.25) is 14.7 Å². The average Bonchev–Trinajstić information content (AvgIpc) is 3.06. The normalized spacial score (nSPS) is 19.5. The molecule has 0 radical (unpaired) electrons. The van der Waals surface area contributed by atoms with E-state index in [0.29, 0.717) is 24.9 Å². The van der Waals surface area contributed by atoms with Crippen LogP contribution in [0.4, 0.5) is 13.2 Å². The molecule has 1 aromatic heterocycles. The molecule has 4 nitrogen and oxygen atoms in total. The number of carboxylic acids is 1. The Morgan fingerprint density at radius 2 is 2.00 bits per heavy atom. The summed E-state index contributed by atoms with van der Waals surface area (Å²) in [5.41, 5.74) is 0.704. The summed E-state index contributed by atoms with van der Waals surface area (Å²) in [4.78, 5) is 17.3. The van der Waals surface area contributed by atoms with Crippen molar-refractivity contribution in [1.29, 1.82) is 0 Å². The van der Waals surface area contributed by atoms with Gasteiger partial charge in [-0.15, -0.1) is 0 Å². The van der Waals surface area contributed by atoms with Gasteiger partial charge < -0.3 is 5.11 Å². The number of hydrogen-bond donors (Lipinski definition) is 1. The molecule has 2 heterocycles. The molecule has 3 rings (SSSR count). The Morgan fingerprint density at radius 3 is 2.65 bits per heavy atom. The topological polar surface area (TPSA) is 53.4 Å². The fourth-order valence-electron chi connectivity index (χ4n) is 3.67. The molecule has 138 valence electrons. The molecule has 1 fully saturated rings. The van der Waals surface area contributed by atoms with E-state index in [1.165, 1.54) is 18.3 Å². The molecule has 1 saturated heterocycles. The van der Waals surface area contributed by atoms with Crippen molar-refractivity contribution in [3.63, 3.8) is 0 Å². The number of alkyl halides is 3. The number of carboxylic acid groups (broad SMARTS) is 1. The molecule has 1 aliphatic rings. The minimum absolute atomic E-state index is 0.0717. The number of carbonyl (C=O) groups is 1. The zero-order valence-electron chi connectivity index (χ0n) is 14.2. The van der Waals surface area contributed by atoms with E-state index in [2.05, 4.69) is 4.98 Å². The van der Waals surface area contributed by atoms with Crippen LogP contribution in [0.3, 0.4) is 0 Å². The number of aromatic nitrogens is 1. The van der Waals surface area contributed by atoms with Crippen LogP contribution in [0.2, 0.25) is 0 Å². The standard InChI is InChI=1S/C19H19F3N2O2/c1-12-11-23-9-8-13(12)17(24-10-4-7-16(24)18(25)26)14-5-2-3-6-15(14)19(20,21)22/h2-3,5-6,8-9,11,16-17H,4,7,10H2,1H3,(H,25,26). The highest BCUT2D eigenvalue weighted by Gasteiger charge is 2.41. The number of likely N-dealkylation sites (tertiary alicyclic amines) is 1. The number of pyridine rings is 1. The third-order valence-electron chi connectivity index (χ3n) is 4.83. The third kappa shape index (κ3) is 3.44. The van der Waals surface area contributed by atoms with Crippen molar-refractivity contribution in [3.05, 3.63) is 65.0 Å². The van der Waals surface area contributed by atoms with Crippen molar-refractivity contribution in [2.75, 3.05) is 6.54 Å². The number of rotatable bonds is 4. The summed E-state index contributed by atoms with van der Waals surface area (Å²) >= 11 is 0. The van der Waals surface area contributed by atoms with Crippen molar-refractivity contribution in [2.24, 2.45) is 0 Å². The molecule has 7 heteroatoms. The third-order valence-corrected chi connectivity index (χ3v) is 4.83. The van der Waals surface area contributed by atoms with Crippen LogP contribution in [-0.4, -0.2) is 33.5 Å². The summed E-state index contributed by atoms with van der Waals surface area (Å²) in [6, 6.07) is 5.45. The molecule has 2 atom stereocenters. The van der Waals surface area contributed by atoms with Crippen LogP contribution in [-0.2, 0) is 11.0 Å². The first-order chi connectivity index (χ1) is 12.3. The van der Waals surface area contributed by atoms with E-state index in [1.54, 1.807) is 30.2 Å². The van der Waals surface area contributed by atoms with Crippen molar-refractivity contribution in [1.82, 2.24) is 9.88 Å². The number of halogens is 3. The molecule has 2 unspecified atom stereocenters. The summed E-state index contributed by atoms with van der Waals surface area (Å²) in [5.74, 6) is -1.01. The zero-order chi connectivity index (χ0) is 18.9. The predicted molar refractivity (Wildman–Crippen MR) is 89.6 cm³/mol. The van der Waals surface area contributed by atoms with Gasteiger partial charge in [-0.1, -0.05) is 18.2 Å². The molecular weight excluding hydrogens is 345 g/mol. The average molecular weight is 364 g/mol. The van der Waals surface area contributed by atoms with Gasteiger partial charge in [0.1, 0.15) is 6.04 Å². The first-order valence-electron chi connectivity index (χ1n) is 8.36. The molecule has 0 amide bonds. The molecule has 0 saturated carbocycles. The minimum atomic E-state index is -4.52. The van der Waals surface area contributed by atoms with Gasteiger partial charge in [0.25, 0.3) is 0 Å².